The first-order valence-electron chi connectivity index (χ1n) is 8.17. The van der Waals surface area contributed by atoms with Crippen molar-refractivity contribution in [3.63, 3.8) is 0 Å². The summed E-state index contributed by atoms with van der Waals surface area (Å²) in [6.07, 6.45) is 5.38. The van der Waals surface area contributed by atoms with Gasteiger partial charge in [0.2, 0.25) is 0 Å². The highest BCUT2D eigenvalue weighted by atomic mass is 32.1. The Balaban J connectivity index is 1.35. The van der Waals surface area contributed by atoms with Crippen molar-refractivity contribution in [1.29, 1.82) is 0 Å². The lowest BCUT2D eigenvalue weighted by atomic mass is 10.2. The summed E-state index contributed by atoms with van der Waals surface area (Å²) in [4.78, 5) is 20.6. The van der Waals surface area contributed by atoms with Crippen molar-refractivity contribution in [3.8, 4) is 5.69 Å². The molecule has 2 aromatic carbocycles. The van der Waals surface area contributed by atoms with E-state index < -0.39 is 0 Å². The van der Waals surface area contributed by atoms with E-state index in [-0.39, 0.29) is 6.03 Å². The maximum absolute atomic E-state index is 12.1. The Morgan fingerprint density at radius 1 is 1.19 bits per heavy atom. The van der Waals surface area contributed by atoms with Crippen molar-refractivity contribution in [3.05, 3.63) is 71.8 Å². The van der Waals surface area contributed by atoms with Gasteiger partial charge in [0.1, 0.15) is 0 Å². The summed E-state index contributed by atoms with van der Waals surface area (Å²) in [6, 6.07) is 13.5. The molecule has 2 N–H and O–H groups in total. The Morgan fingerprint density at radius 2 is 2.04 bits per heavy atom. The SMILES string of the molecule is Cc1nc2ccc(NC(=O)NCc3ccc(-n4ccnc4)cc3)cc2s1. The van der Waals surface area contributed by atoms with Gasteiger partial charge >= 0.3 is 6.03 Å². The first-order valence-corrected chi connectivity index (χ1v) is 8.98. The molecule has 130 valence electrons. The minimum Gasteiger partial charge on any atom is -0.334 e. The largest absolute Gasteiger partial charge is 0.334 e. The Bertz CT molecular complexity index is 1040. The Labute approximate surface area is 154 Å². The molecule has 0 unspecified atom stereocenters. The second-order valence-corrected chi connectivity index (χ2v) is 7.09. The lowest BCUT2D eigenvalue weighted by Crippen LogP contribution is -2.28. The lowest BCUT2D eigenvalue weighted by molar-refractivity contribution is 0.251. The number of nitrogens with one attached hydrogen (secondary N) is 2. The number of amides is 2. The number of fused-ring (bicyclic) bond motifs is 1. The van der Waals surface area contributed by atoms with Crippen molar-refractivity contribution in [2.24, 2.45) is 0 Å². The molecule has 7 heteroatoms. The molecule has 0 saturated heterocycles. The van der Waals surface area contributed by atoms with Gasteiger partial charge in [0.15, 0.2) is 0 Å². The van der Waals surface area contributed by atoms with Crippen molar-refractivity contribution in [1.82, 2.24) is 19.9 Å². The van der Waals surface area contributed by atoms with Crippen molar-refractivity contribution >= 4 is 33.3 Å². The van der Waals surface area contributed by atoms with Gasteiger partial charge in [0.25, 0.3) is 0 Å². The molecule has 0 aliphatic carbocycles. The van der Waals surface area contributed by atoms with Gasteiger partial charge in [-0.15, -0.1) is 11.3 Å². The Morgan fingerprint density at radius 3 is 2.81 bits per heavy atom. The normalized spacial score (nSPS) is 10.8. The van der Waals surface area contributed by atoms with Crippen LogP contribution in [0.15, 0.2) is 61.2 Å². The fraction of sp³-hybridized carbons (Fsp3) is 0.105. The highest BCUT2D eigenvalue weighted by Gasteiger charge is 2.05. The molecule has 0 atom stereocenters. The zero-order chi connectivity index (χ0) is 17.9. The van der Waals surface area contributed by atoms with Gasteiger partial charge in [-0.1, -0.05) is 12.1 Å². The van der Waals surface area contributed by atoms with E-state index in [1.54, 1.807) is 23.9 Å². The smallest absolute Gasteiger partial charge is 0.319 e. The summed E-state index contributed by atoms with van der Waals surface area (Å²) in [5.41, 5.74) is 3.77. The second-order valence-electron chi connectivity index (χ2n) is 5.86. The van der Waals surface area contributed by atoms with E-state index in [1.807, 2.05) is 60.2 Å². The van der Waals surface area contributed by atoms with Crippen molar-refractivity contribution < 1.29 is 4.79 Å². The number of carbonyl (C=O) groups is 1. The second kappa shape index (κ2) is 6.97. The van der Waals surface area contributed by atoms with Crippen LogP contribution in [0.4, 0.5) is 10.5 Å². The predicted octanol–water partition coefficient (Wildman–Crippen LogP) is 4.11. The topological polar surface area (TPSA) is 71.8 Å². The monoisotopic (exact) mass is 363 g/mol. The van der Waals surface area contributed by atoms with E-state index in [9.17, 15) is 4.79 Å². The van der Waals surface area contributed by atoms with Crippen molar-refractivity contribution in [2.45, 2.75) is 13.5 Å². The fourth-order valence-electron chi connectivity index (χ4n) is 2.67. The van der Waals surface area contributed by atoms with Crippen LogP contribution in [0.25, 0.3) is 15.9 Å². The van der Waals surface area contributed by atoms with Crippen LogP contribution in [0.3, 0.4) is 0 Å². The number of nitrogens with zero attached hydrogens (tertiary/aromatic N) is 3. The number of anilines is 1. The van der Waals surface area contributed by atoms with Gasteiger partial charge in [-0.25, -0.2) is 14.8 Å². The maximum atomic E-state index is 12.1. The van der Waals surface area contributed by atoms with E-state index in [4.69, 9.17) is 0 Å². The van der Waals surface area contributed by atoms with Gasteiger partial charge in [-0.05, 0) is 42.8 Å². The molecular weight excluding hydrogens is 346 g/mol. The lowest BCUT2D eigenvalue weighted by Gasteiger charge is -2.09. The van der Waals surface area contributed by atoms with Crippen LogP contribution in [-0.2, 0) is 6.54 Å². The zero-order valence-electron chi connectivity index (χ0n) is 14.1. The van der Waals surface area contributed by atoms with E-state index in [1.165, 1.54) is 0 Å². The molecule has 0 aliphatic rings. The Hall–Kier alpha value is -3.19. The van der Waals surface area contributed by atoms with Crippen LogP contribution in [-0.4, -0.2) is 20.6 Å². The summed E-state index contributed by atoms with van der Waals surface area (Å²) in [6.45, 7) is 2.43. The first-order chi connectivity index (χ1) is 12.7. The first kappa shape index (κ1) is 16.3. The number of rotatable bonds is 4. The molecule has 0 spiro atoms. The number of carbonyl (C=O) groups excluding carboxylic acids is 1. The number of hydrogen-bond donors (Lipinski definition) is 2. The average Bonchev–Trinajstić information content (AvgIpc) is 3.29. The van der Waals surface area contributed by atoms with Gasteiger partial charge in [-0.3, -0.25) is 0 Å². The molecule has 4 aromatic rings. The molecule has 2 aromatic heterocycles. The number of benzene rings is 2. The van der Waals surface area contributed by atoms with Crippen LogP contribution >= 0.6 is 11.3 Å². The standard InChI is InChI=1S/C19H17N5OS/c1-13-22-17-7-4-15(10-18(17)26-13)23-19(25)21-11-14-2-5-16(6-3-14)24-9-8-20-12-24/h2-10,12H,11H2,1H3,(H2,21,23,25). The van der Waals surface area contributed by atoms with E-state index in [2.05, 4.69) is 20.6 Å². The number of imidazole rings is 1. The maximum Gasteiger partial charge on any atom is 0.319 e. The Kier molecular flexibility index (Phi) is 4.37. The van der Waals surface area contributed by atoms with E-state index in [0.29, 0.717) is 6.54 Å². The van der Waals surface area contributed by atoms with Crippen LogP contribution in [0.2, 0.25) is 0 Å². The summed E-state index contributed by atoms with van der Waals surface area (Å²) < 4.78 is 3.00. The molecule has 0 saturated carbocycles. The van der Waals surface area contributed by atoms with E-state index >= 15 is 0 Å². The molecule has 0 radical (unpaired) electrons. The number of hydrogen-bond acceptors (Lipinski definition) is 4. The number of thiazole rings is 1. The van der Waals surface area contributed by atoms with E-state index in [0.717, 1.165) is 32.2 Å². The molecule has 0 bridgehead atoms. The number of aromatic nitrogens is 3. The van der Waals surface area contributed by atoms with Crippen LogP contribution < -0.4 is 10.6 Å². The van der Waals surface area contributed by atoms with Gasteiger partial charge < -0.3 is 15.2 Å². The predicted molar refractivity (Wildman–Crippen MR) is 104 cm³/mol. The molecule has 26 heavy (non-hydrogen) atoms. The highest BCUT2D eigenvalue weighted by Crippen LogP contribution is 2.24. The third-order valence-corrected chi connectivity index (χ3v) is 4.88. The molecule has 0 aliphatic heterocycles. The van der Waals surface area contributed by atoms with Gasteiger partial charge in [0.05, 0.1) is 21.6 Å². The zero-order valence-corrected chi connectivity index (χ0v) is 15.0. The van der Waals surface area contributed by atoms with Gasteiger partial charge in [-0.2, -0.15) is 0 Å². The minimum atomic E-state index is -0.232. The third kappa shape index (κ3) is 3.57. The summed E-state index contributed by atoms with van der Waals surface area (Å²) in [5.74, 6) is 0. The van der Waals surface area contributed by atoms with Crippen LogP contribution in [0.5, 0.6) is 0 Å². The average molecular weight is 363 g/mol. The van der Waals surface area contributed by atoms with Crippen molar-refractivity contribution in [2.75, 3.05) is 5.32 Å². The van der Waals surface area contributed by atoms with Crippen LogP contribution in [0.1, 0.15) is 10.6 Å². The fourth-order valence-corrected chi connectivity index (χ4v) is 3.54. The van der Waals surface area contributed by atoms with Crippen LogP contribution in [0, 0.1) is 6.92 Å². The van der Waals surface area contributed by atoms with Gasteiger partial charge in [0, 0.05) is 30.3 Å². The number of aryl methyl sites for hydroxylation is 1. The minimum absolute atomic E-state index is 0.232. The third-order valence-electron chi connectivity index (χ3n) is 3.95. The molecule has 2 amide bonds. The summed E-state index contributed by atoms with van der Waals surface area (Å²) in [7, 11) is 0. The summed E-state index contributed by atoms with van der Waals surface area (Å²) in [5, 5.41) is 6.75. The highest BCUT2D eigenvalue weighted by molar-refractivity contribution is 7.18. The molecule has 0 fully saturated rings. The molecular formula is C19H17N5OS. The molecule has 6 nitrogen and oxygen atoms in total. The summed E-state index contributed by atoms with van der Waals surface area (Å²) >= 11 is 1.61. The number of urea groups is 1. The quantitative estimate of drug-likeness (QED) is 0.573. The molecule has 4 rings (SSSR count). The molecule has 2 heterocycles.